The monoisotopic (exact) mass is 154 g/mol. The molecule has 0 N–H and O–H groups in total. The van der Waals surface area contributed by atoms with Gasteiger partial charge in [0.05, 0.1) is 11.1 Å². The molecule has 0 aromatic heterocycles. The Morgan fingerprint density at radius 3 is 1.73 bits per heavy atom. The fraction of sp³-hybridized carbons (Fsp3) is 0.778. The van der Waals surface area contributed by atoms with Gasteiger partial charge in [0, 0.05) is 0 Å². The van der Waals surface area contributed by atoms with E-state index in [1.807, 2.05) is 34.6 Å². The van der Waals surface area contributed by atoms with Gasteiger partial charge in [-0.2, -0.15) is 10.2 Å². The Bertz CT molecular complexity index is 161. The van der Waals surface area contributed by atoms with Crippen molar-refractivity contribution in [3.63, 3.8) is 0 Å². The molecule has 0 heterocycles. The average molecular weight is 154 g/mol. The summed E-state index contributed by atoms with van der Waals surface area (Å²) < 4.78 is 0. The normalized spacial score (nSPS) is 13.9. The van der Waals surface area contributed by atoms with Crippen LogP contribution in [0.1, 0.15) is 34.6 Å². The molecule has 0 bridgehead atoms. The van der Waals surface area contributed by atoms with Crippen molar-refractivity contribution in [2.75, 3.05) is 0 Å². The van der Waals surface area contributed by atoms with Crippen molar-refractivity contribution in [3.05, 3.63) is 12.7 Å². The minimum Gasteiger partial charge on any atom is -0.187 e. The molecule has 0 aliphatic heterocycles. The van der Waals surface area contributed by atoms with Crippen LogP contribution < -0.4 is 0 Å². The number of hydrogen-bond donors (Lipinski definition) is 0. The highest BCUT2D eigenvalue weighted by Gasteiger charge is 2.13. The van der Waals surface area contributed by atoms with E-state index in [1.54, 1.807) is 6.08 Å². The lowest BCUT2D eigenvalue weighted by Gasteiger charge is -2.16. The quantitative estimate of drug-likeness (QED) is 0.431. The second-order valence-electron chi connectivity index (χ2n) is 4.23. The molecular formula is C9H18N2. The number of rotatable bonds is 2. The summed E-state index contributed by atoms with van der Waals surface area (Å²) >= 11 is 0. The van der Waals surface area contributed by atoms with Crippen LogP contribution in [-0.2, 0) is 0 Å². The fourth-order valence-corrected chi connectivity index (χ4v) is 0.320. The summed E-state index contributed by atoms with van der Waals surface area (Å²) in [6.07, 6.45) is 1.79. The smallest absolute Gasteiger partial charge is 0.0937 e. The molecule has 0 radical (unpaired) electrons. The maximum atomic E-state index is 4.15. The zero-order chi connectivity index (χ0) is 9.12. The zero-order valence-electron chi connectivity index (χ0n) is 8.18. The summed E-state index contributed by atoms with van der Waals surface area (Å²) in [7, 11) is 0. The number of nitrogens with zero attached hydrogens (tertiary/aromatic N) is 2. The van der Waals surface area contributed by atoms with Crippen molar-refractivity contribution in [2.24, 2.45) is 10.2 Å². The molecular weight excluding hydrogens is 136 g/mol. The van der Waals surface area contributed by atoms with E-state index in [0.29, 0.717) is 0 Å². The third-order valence-corrected chi connectivity index (χ3v) is 1.11. The molecule has 0 saturated heterocycles. The first-order valence-corrected chi connectivity index (χ1v) is 3.84. The van der Waals surface area contributed by atoms with Crippen molar-refractivity contribution in [1.82, 2.24) is 0 Å². The van der Waals surface area contributed by atoms with E-state index in [-0.39, 0.29) is 11.1 Å². The van der Waals surface area contributed by atoms with Crippen LogP contribution >= 0.6 is 0 Å². The highest BCUT2D eigenvalue weighted by Crippen LogP contribution is 2.15. The minimum absolute atomic E-state index is 0.0831. The molecule has 0 aromatic carbocycles. The first-order chi connectivity index (χ1) is 4.77. The van der Waals surface area contributed by atoms with E-state index in [2.05, 4.69) is 16.8 Å². The number of hydrogen-bond acceptors (Lipinski definition) is 2. The Hall–Kier alpha value is -0.660. The van der Waals surface area contributed by atoms with Crippen molar-refractivity contribution >= 4 is 0 Å². The van der Waals surface area contributed by atoms with E-state index < -0.39 is 0 Å². The Balaban J connectivity index is 4.24. The van der Waals surface area contributed by atoms with E-state index in [4.69, 9.17) is 0 Å². The third kappa shape index (κ3) is 5.77. The van der Waals surface area contributed by atoms with Crippen molar-refractivity contribution < 1.29 is 0 Å². The van der Waals surface area contributed by atoms with Gasteiger partial charge in [-0.25, -0.2) is 0 Å². The molecule has 0 unspecified atom stereocenters. The summed E-state index contributed by atoms with van der Waals surface area (Å²) in [6, 6.07) is 0. The molecule has 11 heavy (non-hydrogen) atoms. The number of azo groups is 1. The molecule has 0 aliphatic rings. The predicted octanol–water partition coefficient (Wildman–Crippen LogP) is 3.20. The molecule has 0 fully saturated rings. The molecule has 2 heteroatoms. The minimum atomic E-state index is -0.229. The van der Waals surface area contributed by atoms with Gasteiger partial charge in [-0.3, -0.25) is 0 Å². The molecule has 0 saturated carbocycles. The lowest BCUT2D eigenvalue weighted by Crippen LogP contribution is -2.15. The molecule has 64 valence electrons. The fourth-order valence-electron chi connectivity index (χ4n) is 0.320. The van der Waals surface area contributed by atoms with Crippen LogP contribution in [0.15, 0.2) is 22.9 Å². The Morgan fingerprint density at radius 2 is 1.45 bits per heavy atom. The standard InChI is InChI=1S/C9H18N2/c1-7-9(5,6)11-10-8(2,3)4/h7H,1H2,2-6H3. The first kappa shape index (κ1) is 10.3. The summed E-state index contributed by atoms with van der Waals surface area (Å²) in [6.45, 7) is 13.7. The van der Waals surface area contributed by atoms with Crippen LogP contribution in [0.25, 0.3) is 0 Å². The molecule has 0 amide bonds. The van der Waals surface area contributed by atoms with Crippen LogP contribution in [0.5, 0.6) is 0 Å². The molecule has 0 aliphatic carbocycles. The van der Waals surface area contributed by atoms with Gasteiger partial charge in [0.15, 0.2) is 0 Å². The van der Waals surface area contributed by atoms with Gasteiger partial charge >= 0.3 is 0 Å². The maximum absolute atomic E-state index is 4.15. The summed E-state index contributed by atoms with van der Waals surface area (Å²) in [5.41, 5.74) is -0.312. The predicted molar refractivity (Wildman–Crippen MR) is 48.9 cm³/mol. The van der Waals surface area contributed by atoms with E-state index in [0.717, 1.165) is 0 Å². The SMILES string of the molecule is C=CC(C)(C)N=NC(C)(C)C. The van der Waals surface area contributed by atoms with Gasteiger partial charge in [0.2, 0.25) is 0 Å². The van der Waals surface area contributed by atoms with E-state index in [9.17, 15) is 0 Å². The lowest BCUT2D eigenvalue weighted by molar-refractivity contribution is 0.491. The Labute approximate surface area is 69.4 Å². The van der Waals surface area contributed by atoms with Crippen LogP contribution in [0, 0.1) is 0 Å². The average Bonchev–Trinajstić information content (AvgIpc) is 1.83. The summed E-state index contributed by atoms with van der Waals surface area (Å²) in [5.74, 6) is 0. The van der Waals surface area contributed by atoms with Gasteiger partial charge < -0.3 is 0 Å². The molecule has 2 nitrogen and oxygen atoms in total. The second kappa shape index (κ2) is 3.16. The Kier molecular flexibility index (Phi) is 2.97. The van der Waals surface area contributed by atoms with Crippen LogP contribution in [0.2, 0.25) is 0 Å². The Morgan fingerprint density at radius 1 is 1.00 bits per heavy atom. The van der Waals surface area contributed by atoms with Gasteiger partial charge in [-0.15, -0.1) is 6.58 Å². The maximum Gasteiger partial charge on any atom is 0.0937 e. The molecule has 0 rings (SSSR count). The lowest BCUT2D eigenvalue weighted by atomic mass is 10.1. The van der Waals surface area contributed by atoms with Crippen LogP contribution in [0.3, 0.4) is 0 Å². The van der Waals surface area contributed by atoms with Gasteiger partial charge in [-0.05, 0) is 34.6 Å². The van der Waals surface area contributed by atoms with Crippen LogP contribution in [0.4, 0.5) is 0 Å². The van der Waals surface area contributed by atoms with Crippen LogP contribution in [-0.4, -0.2) is 11.1 Å². The van der Waals surface area contributed by atoms with E-state index in [1.165, 1.54) is 0 Å². The van der Waals surface area contributed by atoms with Crippen molar-refractivity contribution in [3.8, 4) is 0 Å². The summed E-state index contributed by atoms with van der Waals surface area (Å²) in [5, 5.41) is 8.31. The topological polar surface area (TPSA) is 24.7 Å². The zero-order valence-corrected chi connectivity index (χ0v) is 8.18. The van der Waals surface area contributed by atoms with E-state index >= 15 is 0 Å². The molecule has 0 aromatic rings. The van der Waals surface area contributed by atoms with Crippen molar-refractivity contribution in [1.29, 1.82) is 0 Å². The largest absolute Gasteiger partial charge is 0.187 e. The van der Waals surface area contributed by atoms with Crippen molar-refractivity contribution in [2.45, 2.75) is 45.7 Å². The first-order valence-electron chi connectivity index (χ1n) is 3.84. The third-order valence-electron chi connectivity index (χ3n) is 1.11. The second-order valence-corrected chi connectivity index (χ2v) is 4.23. The van der Waals surface area contributed by atoms with Gasteiger partial charge in [0.1, 0.15) is 0 Å². The highest BCUT2D eigenvalue weighted by molar-refractivity contribution is 4.94. The highest BCUT2D eigenvalue weighted by atomic mass is 15.2. The molecule has 0 atom stereocenters. The van der Waals surface area contributed by atoms with Gasteiger partial charge in [-0.1, -0.05) is 6.08 Å². The summed E-state index contributed by atoms with van der Waals surface area (Å²) in [4.78, 5) is 0. The van der Waals surface area contributed by atoms with Gasteiger partial charge in [0.25, 0.3) is 0 Å². The molecule has 0 spiro atoms.